The second-order valence-electron chi connectivity index (χ2n) is 18.4. The van der Waals surface area contributed by atoms with Crippen LogP contribution >= 0.6 is 0 Å². The fraction of sp³-hybridized carbons (Fsp3) is 0.490. The van der Waals surface area contributed by atoms with Gasteiger partial charge in [-0.3, -0.25) is 19.2 Å². The van der Waals surface area contributed by atoms with Crippen molar-refractivity contribution in [2.24, 2.45) is 17.8 Å². The van der Waals surface area contributed by atoms with Crippen molar-refractivity contribution in [3.63, 3.8) is 0 Å². The number of methoxy groups -OCH3 is 1. The molecular formula is C49H58N4O13. The van der Waals surface area contributed by atoms with Crippen LogP contribution in [0.4, 0.5) is 11.4 Å². The first kappa shape index (κ1) is 46.5. The summed E-state index contributed by atoms with van der Waals surface area (Å²) < 4.78 is 37.1. The summed E-state index contributed by atoms with van der Waals surface area (Å²) in [5.41, 5.74) is -1.15. The van der Waals surface area contributed by atoms with Crippen molar-refractivity contribution in [2.75, 3.05) is 44.5 Å². The number of aliphatic hydroxyl groups is 2. The van der Waals surface area contributed by atoms with Gasteiger partial charge in [-0.2, -0.15) is 0 Å². The molecule has 6 heterocycles. The van der Waals surface area contributed by atoms with Gasteiger partial charge in [-0.15, -0.1) is 0 Å². The van der Waals surface area contributed by atoms with Crippen LogP contribution in [-0.4, -0.2) is 114 Å². The lowest BCUT2D eigenvalue weighted by Crippen LogP contribution is -2.46. The van der Waals surface area contributed by atoms with Gasteiger partial charge >= 0.3 is 11.8 Å². The number of esters is 1. The number of ether oxygens (including phenoxy) is 5. The van der Waals surface area contributed by atoms with Crippen LogP contribution in [-0.2, 0) is 28.5 Å². The molecule has 2 saturated heterocycles. The van der Waals surface area contributed by atoms with Crippen LogP contribution < -0.4 is 31.0 Å². The zero-order valence-electron chi connectivity index (χ0n) is 38.8. The molecule has 17 heteroatoms. The van der Waals surface area contributed by atoms with Crippen LogP contribution in [0.1, 0.15) is 59.9 Å². The molecule has 5 aliphatic heterocycles. The Morgan fingerprint density at radius 2 is 1.71 bits per heavy atom. The third-order valence-corrected chi connectivity index (χ3v) is 13.9. The van der Waals surface area contributed by atoms with E-state index in [1.54, 1.807) is 32.1 Å². The van der Waals surface area contributed by atoms with E-state index >= 15 is 0 Å². The van der Waals surface area contributed by atoms with Gasteiger partial charge < -0.3 is 58.5 Å². The van der Waals surface area contributed by atoms with Gasteiger partial charge in [0.1, 0.15) is 34.9 Å². The summed E-state index contributed by atoms with van der Waals surface area (Å²) in [4.78, 5) is 64.5. The number of hydrogen-bond acceptors (Lipinski definition) is 16. The average molecular weight is 911 g/mol. The third kappa shape index (κ3) is 7.94. The Hall–Kier alpha value is -6.01. The zero-order chi connectivity index (χ0) is 47.7. The Morgan fingerprint density at radius 3 is 2.38 bits per heavy atom. The molecule has 2 fully saturated rings. The summed E-state index contributed by atoms with van der Waals surface area (Å²) in [6.45, 7) is 12.7. The largest absolute Gasteiger partial charge is 0.507 e. The molecule has 352 valence electrons. The minimum Gasteiger partial charge on any atom is -0.507 e. The van der Waals surface area contributed by atoms with Crippen LogP contribution in [0.25, 0.3) is 38.7 Å². The van der Waals surface area contributed by atoms with Gasteiger partial charge in [0.15, 0.2) is 22.4 Å². The van der Waals surface area contributed by atoms with Crippen molar-refractivity contribution in [2.45, 2.75) is 104 Å². The van der Waals surface area contributed by atoms with E-state index in [0.29, 0.717) is 24.8 Å². The summed E-state index contributed by atoms with van der Waals surface area (Å²) in [6.07, 6.45) is 5.34. The highest BCUT2D eigenvalue weighted by molar-refractivity contribution is 6.16. The number of nitrogens with zero attached hydrogens (tertiary/aromatic N) is 3. The molecule has 5 aliphatic rings. The maximum absolute atomic E-state index is 14.9. The lowest BCUT2D eigenvalue weighted by atomic mass is 9.86. The van der Waals surface area contributed by atoms with Crippen LogP contribution in [0.3, 0.4) is 0 Å². The average Bonchev–Trinajstić information content (AvgIpc) is 3.72. The maximum atomic E-state index is 14.9. The minimum absolute atomic E-state index is 0.0384. The molecule has 66 heavy (non-hydrogen) atoms. The number of benzene rings is 3. The van der Waals surface area contributed by atoms with E-state index in [2.05, 4.69) is 15.1 Å². The molecule has 0 radical (unpaired) electrons. The number of carbonyl (C=O) groups is 2. The van der Waals surface area contributed by atoms with Gasteiger partial charge in [-0.25, -0.2) is 4.98 Å². The number of aliphatic hydroxyl groups excluding tert-OH is 2. The highest BCUT2D eigenvalue weighted by atomic mass is 16.7. The first-order valence-corrected chi connectivity index (χ1v) is 22.3. The number of aromatic hydroxyl groups is 1. The van der Waals surface area contributed by atoms with E-state index in [1.165, 1.54) is 46.3 Å². The van der Waals surface area contributed by atoms with E-state index in [4.69, 9.17) is 33.1 Å². The highest BCUT2D eigenvalue weighted by Crippen LogP contribution is 2.43. The van der Waals surface area contributed by atoms with E-state index < -0.39 is 82.4 Å². The molecule has 1 aromatic heterocycles. The molecule has 4 aromatic rings. The molecule has 7 bridgehead atoms. The molecule has 0 unspecified atom stereocenters. The Bertz CT molecular complexity index is 2900. The smallest absolute Gasteiger partial charge is 0.307 e. The topological polar surface area (TPSA) is 220 Å². The van der Waals surface area contributed by atoms with Crippen LogP contribution in [0.15, 0.2) is 62.3 Å². The predicted octanol–water partition coefficient (Wildman–Crippen LogP) is 4.86. The fourth-order valence-electron chi connectivity index (χ4n) is 9.88. The van der Waals surface area contributed by atoms with Crippen LogP contribution in [0.2, 0.25) is 0 Å². The number of nitrogens with one attached hydrogen (secondary N) is 1. The van der Waals surface area contributed by atoms with Crippen molar-refractivity contribution in [3.05, 3.63) is 79.5 Å². The number of fused-ring (bicyclic) bond motifs is 9. The monoisotopic (exact) mass is 910 g/mol. The minimum atomic E-state index is -1.97. The Kier molecular flexibility index (Phi) is 12.4. The highest BCUT2D eigenvalue weighted by Gasteiger charge is 2.50. The fourth-order valence-corrected chi connectivity index (χ4v) is 9.88. The van der Waals surface area contributed by atoms with Gasteiger partial charge in [-0.1, -0.05) is 39.0 Å². The molecule has 4 N–H and O–H groups in total. The summed E-state index contributed by atoms with van der Waals surface area (Å²) in [6, 6.07) is 3.57. The van der Waals surface area contributed by atoms with E-state index in [0.717, 1.165) is 12.8 Å². The second kappa shape index (κ2) is 17.7. The quantitative estimate of drug-likeness (QED) is 0.122. The van der Waals surface area contributed by atoms with Gasteiger partial charge in [0.25, 0.3) is 5.91 Å². The van der Waals surface area contributed by atoms with E-state index in [9.17, 15) is 34.5 Å². The lowest BCUT2D eigenvalue weighted by Gasteiger charge is -2.36. The number of carbonyl (C=O) groups excluding carboxylic acids is 2. The molecule has 0 aliphatic carbocycles. The summed E-state index contributed by atoms with van der Waals surface area (Å²) in [5, 5.41) is 37.8. The number of rotatable bonds is 4. The lowest BCUT2D eigenvalue weighted by molar-refractivity contribution is -0.168. The normalized spacial score (nSPS) is 30.5. The van der Waals surface area contributed by atoms with Crippen molar-refractivity contribution in [3.8, 4) is 11.5 Å². The second-order valence-corrected chi connectivity index (χ2v) is 18.4. The van der Waals surface area contributed by atoms with Gasteiger partial charge in [0.2, 0.25) is 10.9 Å². The number of piperidine rings is 1. The molecule has 17 nitrogen and oxygen atoms in total. The standard InChI is InChI=1S/C49H58N4O13/c1-22-12-11-13-23(2)48(60)51-38-41(58)34-33(37-45(38)64-32-21-29(20-30(55)36(32)50-37)53-17-14-28(15-18-53)52(8)9)35-43(25(4)39(34)56)66-49(7,47(35)59)62-19-16-31(61-10)24(3)44(63-27(6)54)46-40(57)26(5)42(22)65-46/h11-13,16,19-22,24,26,28,31,40,42,44,46,56-57,59H,14-15,17-18H2,1-10H3,(H,51,60)/b12-11+,19-16+,23-13-/t22-,24+,26-,31-,40+,42-,44+,46+,49-/m0/s1. The Morgan fingerprint density at radius 1 is 1.00 bits per heavy atom. The molecule has 0 spiro atoms. The molecule has 3 aromatic carbocycles. The van der Waals surface area contributed by atoms with Crippen LogP contribution in [0, 0.1) is 24.7 Å². The number of phenols is 1. The third-order valence-electron chi connectivity index (χ3n) is 13.9. The van der Waals surface area contributed by atoms with Gasteiger partial charge in [0, 0.05) is 92.2 Å². The van der Waals surface area contributed by atoms with E-state index in [-0.39, 0.29) is 66.7 Å². The summed E-state index contributed by atoms with van der Waals surface area (Å²) >= 11 is 0. The predicted molar refractivity (Wildman–Crippen MR) is 247 cm³/mol. The van der Waals surface area contributed by atoms with Crippen molar-refractivity contribution in [1.82, 2.24) is 9.88 Å². The SMILES string of the molecule is CO[C@H]1/C=C/O[C@@]2(C)Oc3c(C)c(O)c4c(=O)c(c5oc6cc(N7CCC(N(C)C)CC7)cc(=O)c6nc5c4c3=C2O)NC(=O)/C(C)=C\C=C\[C@H](C)[C@@H]2O[C@H]([C@H](O)[C@@H]2C)[C@H](OC(C)=O)[C@@H]1C. The zero-order valence-corrected chi connectivity index (χ0v) is 38.8. The summed E-state index contributed by atoms with van der Waals surface area (Å²) in [7, 11) is 5.54. The first-order chi connectivity index (χ1) is 31.3. The van der Waals surface area contributed by atoms with Crippen molar-refractivity contribution in [1.29, 1.82) is 0 Å². The molecule has 0 saturated carbocycles. The molecule has 9 rings (SSSR count). The number of aromatic nitrogens is 1. The number of amides is 1. The number of allylic oxidation sites excluding steroid dienone is 2. The summed E-state index contributed by atoms with van der Waals surface area (Å²) in [5.74, 6) is -5.61. The van der Waals surface area contributed by atoms with E-state index in [1.807, 2.05) is 34.0 Å². The number of phenolic OH excluding ortho intramolecular Hbond substituents is 1. The van der Waals surface area contributed by atoms with Crippen molar-refractivity contribution >= 4 is 62.0 Å². The first-order valence-electron chi connectivity index (χ1n) is 22.3. The Balaban J connectivity index is 1.35. The number of hydrogen-bond donors (Lipinski definition) is 4. The Labute approximate surface area is 380 Å². The molecular weight excluding hydrogens is 853 g/mol. The van der Waals surface area contributed by atoms with Crippen molar-refractivity contribution < 1.29 is 53.0 Å². The molecule has 1 amide bonds. The van der Waals surface area contributed by atoms with Gasteiger partial charge in [0.05, 0.1) is 35.2 Å². The number of anilines is 2. The molecule has 9 atom stereocenters. The van der Waals surface area contributed by atoms with Gasteiger partial charge in [-0.05, 0) is 46.9 Å². The maximum Gasteiger partial charge on any atom is 0.307 e. The van der Waals surface area contributed by atoms with Crippen LogP contribution in [0.5, 0.6) is 11.5 Å².